The van der Waals surface area contributed by atoms with E-state index in [4.69, 9.17) is 4.74 Å². The summed E-state index contributed by atoms with van der Waals surface area (Å²) in [5.74, 6) is 0.308. The normalized spacial score (nSPS) is 24.0. The van der Waals surface area contributed by atoms with Crippen molar-refractivity contribution in [3.05, 3.63) is 48.5 Å². The minimum Gasteiger partial charge on any atom is -0.488 e. The second kappa shape index (κ2) is 8.26. The molecule has 1 saturated carbocycles. The number of hydrogen-bond acceptors (Lipinski definition) is 4. The average Bonchev–Trinajstić information content (AvgIpc) is 3.10. The number of benzene rings is 1. The summed E-state index contributed by atoms with van der Waals surface area (Å²) in [5.41, 5.74) is 0. The first-order chi connectivity index (χ1) is 11.7. The summed E-state index contributed by atoms with van der Waals surface area (Å²) < 4.78 is 20.7. The summed E-state index contributed by atoms with van der Waals surface area (Å²) in [6, 6.07) is 7.88. The highest BCUT2D eigenvalue weighted by Gasteiger charge is 2.32. The molecule has 5 nitrogen and oxygen atoms in total. The molecule has 1 aliphatic rings. The third kappa shape index (κ3) is 4.55. The molecule has 1 heterocycles. The van der Waals surface area contributed by atoms with Crippen LogP contribution in [0.2, 0.25) is 0 Å². The molecule has 0 saturated heterocycles. The van der Waals surface area contributed by atoms with Gasteiger partial charge in [-0.25, -0.2) is 4.39 Å². The van der Waals surface area contributed by atoms with E-state index in [0.717, 1.165) is 38.8 Å². The van der Waals surface area contributed by atoms with Gasteiger partial charge in [0.25, 0.3) is 0 Å². The molecule has 130 valence electrons. The summed E-state index contributed by atoms with van der Waals surface area (Å²) in [6.45, 7) is 1.68. The number of rotatable bonds is 7. The van der Waals surface area contributed by atoms with E-state index in [9.17, 15) is 9.50 Å². The number of hydrogen-bond donors (Lipinski definition) is 2. The summed E-state index contributed by atoms with van der Waals surface area (Å²) in [7, 11) is 0. The van der Waals surface area contributed by atoms with E-state index in [1.165, 1.54) is 12.1 Å². The molecule has 3 atom stereocenters. The van der Waals surface area contributed by atoms with Gasteiger partial charge in [-0.2, -0.15) is 5.10 Å². The Labute approximate surface area is 141 Å². The molecule has 1 aliphatic carbocycles. The maximum Gasteiger partial charge on any atom is 0.126 e. The molecule has 6 heteroatoms. The SMILES string of the molecule is O[C@@H]1[C@@H](NCCCn2cccn2)CCC[C@H]1Oc1ccc(F)cc1. The van der Waals surface area contributed by atoms with Gasteiger partial charge in [0.05, 0.1) is 0 Å². The Morgan fingerprint density at radius 1 is 1.29 bits per heavy atom. The molecule has 0 aliphatic heterocycles. The Kier molecular flexibility index (Phi) is 5.82. The summed E-state index contributed by atoms with van der Waals surface area (Å²) in [5, 5.41) is 18.1. The van der Waals surface area contributed by atoms with Crippen LogP contribution in [0.4, 0.5) is 4.39 Å². The third-order valence-corrected chi connectivity index (χ3v) is 4.43. The Balaban J connectivity index is 1.45. The molecule has 24 heavy (non-hydrogen) atoms. The van der Waals surface area contributed by atoms with E-state index in [2.05, 4.69) is 10.4 Å². The van der Waals surface area contributed by atoms with Crippen molar-refractivity contribution in [1.29, 1.82) is 0 Å². The van der Waals surface area contributed by atoms with Crippen molar-refractivity contribution in [3.8, 4) is 5.75 Å². The van der Waals surface area contributed by atoms with Crippen molar-refractivity contribution in [2.75, 3.05) is 6.54 Å². The summed E-state index contributed by atoms with van der Waals surface area (Å²) in [6.07, 6.45) is 6.60. The zero-order valence-corrected chi connectivity index (χ0v) is 13.6. The maximum atomic E-state index is 13.0. The fourth-order valence-electron chi connectivity index (χ4n) is 3.14. The molecule has 0 spiro atoms. The predicted octanol–water partition coefficient (Wildman–Crippen LogP) is 2.36. The van der Waals surface area contributed by atoms with Crippen LogP contribution < -0.4 is 10.1 Å². The Hall–Kier alpha value is -1.92. The summed E-state index contributed by atoms with van der Waals surface area (Å²) >= 11 is 0. The van der Waals surface area contributed by atoms with Crippen LogP contribution in [0.3, 0.4) is 0 Å². The second-order valence-electron chi connectivity index (χ2n) is 6.22. The lowest BCUT2D eigenvalue weighted by molar-refractivity contribution is -0.0153. The lowest BCUT2D eigenvalue weighted by Gasteiger charge is -2.35. The largest absolute Gasteiger partial charge is 0.488 e. The average molecular weight is 333 g/mol. The molecule has 0 amide bonds. The van der Waals surface area contributed by atoms with E-state index in [1.54, 1.807) is 18.3 Å². The maximum absolute atomic E-state index is 13.0. The van der Waals surface area contributed by atoms with E-state index in [-0.39, 0.29) is 18.0 Å². The molecular weight excluding hydrogens is 309 g/mol. The number of aliphatic hydroxyl groups is 1. The molecule has 1 aromatic carbocycles. The van der Waals surface area contributed by atoms with Gasteiger partial charge in [0.15, 0.2) is 0 Å². The minimum atomic E-state index is -0.562. The Bertz CT molecular complexity index is 603. The van der Waals surface area contributed by atoms with Crippen molar-refractivity contribution in [3.63, 3.8) is 0 Å². The summed E-state index contributed by atoms with van der Waals surface area (Å²) in [4.78, 5) is 0. The standard InChI is InChI=1S/C18H24FN3O2/c19-14-6-8-15(9-7-14)24-17-5-1-4-16(18(17)23)20-10-2-12-22-13-3-11-21-22/h3,6-9,11,13,16-18,20,23H,1-2,4-5,10,12H2/t16-,17+,18+/m0/s1. The number of aromatic nitrogens is 2. The van der Waals surface area contributed by atoms with Gasteiger partial charge in [-0.15, -0.1) is 0 Å². The predicted molar refractivity (Wildman–Crippen MR) is 89.3 cm³/mol. The topological polar surface area (TPSA) is 59.3 Å². The second-order valence-corrected chi connectivity index (χ2v) is 6.22. The van der Waals surface area contributed by atoms with Crippen molar-refractivity contribution in [2.45, 2.75) is 50.5 Å². The van der Waals surface area contributed by atoms with Gasteiger partial charge in [0.1, 0.15) is 23.8 Å². The Morgan fingerprint density at radius 3 is 2.88 bits per heavy atom. The highest BCUT2D eigenvalue weighted by atomic mass is 19.1. The van der Waals surface area contributed by atoms with E-state index in [0.29, 0.717) is 5.75 Å². The van der Waals surface area contributed by atoms with Crippen LogP contribution in [0, 0.1) is 5.82 Å². The van der Waals surface area contributed by atoms with Crippen molar-refractivity contribution < 1.29 is 14.2 Å². The van der Waals surface area contributed by atoms with E-state index >= 15 is 0 Å². The van der Waals surface area contributed by atoms with Crippen LogP contribution >= 0.6 is 0 Å². The van der Waals surface area contributed by atoms with Crippen LogP contribution in [0.5, 0.6) is 5.75 Å². The minimum absolute atomic E-state index is 0.0295. The van der Waals surface area contributed by atoms with Crippen molar-refractivity contribution in [2.24, 2.45) is 0 Å². The number of nitrogens with zero attached hydrogens (tertiary/aromatic N) is 2. The van der Waals surface area contributed by atoms with Gasteiger partial charge >= 0.3 is 0 Å². The smallest absolute Gasteiger partial charge is 0.126 e. The van der Waals surface area contributed by atoms with Gasteiger partial charge in [-0.05, 0) is 62.6 Å². The molecular formula is C18H24FN3O2. The highest BCUT2D eigenvalue weighted by Crippen LogP contribution is 2.24. The number of halogens is 1. The first-order valence-electron chi connectivity index (χ1n) is 8.53. The lowest BCUT2D eigenvalue weighted by Crippen LogP contribution is -2.51. The molecule has 1 aromatic heterocycles. The monoisotopic (exact) mass is 333 g/mol. The van der Waals surface area contributed by atoms with Crippen LogP contribution in [0.15, 0.2) is 42.7 Å². The van der Waals surface area contributed by atoms with Crippen LogP contribution in [0.1, 0.15) is 25.7 Å². The molecule has 2 N–H and O–H groups in total. The van der Waals surface area contributed by atoms with Crippen molar-refractivity contribution in [1.82, 2.24) is 15.1 Å². The van der Waals surface area contributed by atoms with Crippen molar-refractivity contribution >= 4 is 0 Å². The van der Waals surface area contributed by atoms with E-state index < -0.39 is 6.10 Å². The molecule has 0 bridgehead atoms. The number of aliphatic hydroxyl groups excluding tert-OH is 1. The van der Waals surface area contributed by atoms with Gasteiger partial charge in [0, 0.05) is 25.0 Å². The van der Waals surface area contributed by atoms with Gasteiger partial charge in [0.2, 0.25) is 0 Å². The molecule has 0 unspecified atom stereocenters. The zero-order valence-electron chi connectivity index (χ0n) is 13.6. The van der Waals surface area contributed by atoms with Gasteiger partial charge in [-0.1, -0.05) is 0 Å². The lowest BCUT2D eigenvalue weighted by atomic mass is 9.89. The quantitative estimate of drug-likeness (QED) is 0.764. The highest BCUT2D eigenvalue weighted by molar-refractivity contribution is 5.22. The first kappa shape index (κ1) is 16.9. The van der Waals surface area contributed by atoms with Crippen LogP contribution in [0.25, 0.3) is 0 Å². The first-order valence-corrected chi connectivity index (χ1v) is 8.53. The molecule has 0 radical (unpaired) electrons. The number of nitrogens with one attached hydrogen (secondary N) is 1. The number of aryl methyl sites for hydroxylation is 1. The Morgan fingerprint density at radius 2 is 2.12 bits per heavy atom. The molecule has 1 fully saturated rings. The zero-order chi connectivity index (χ0) is 16.8. The number of ether oxygens (including phenoxy) is 1. The van der Waals surface area contributed by atoms with Crippen LogP contribution in [-0.2, 0) is 6.54 Å². The van der Waals surface area contributed by atoms with Gasteiger partial charge in [-0.3, -0.25) is 4.68 Å². The molecule has 2 aromatic rings. The molecule has 3 rings (SSSR count). The van der Waals surface area contributed by atoms with Gasteiger partial charge < -0.3 is 15.2 Å². The third-order valence-electron chi connectivity index (χ3n) is 4.43. The fourth-order valence-corrected chi connectivity index (χ4v) is 3.14. The van der Waals surface area contributed by atoms with E-state index in [1.807, 2.05) is 16.9 Å². The van der Waals surface area contributed by atoms with Crippen LogP contribution in [-0.4, -0.2) is 39.7 Å². The fraction of sp³-hybridized carbons (Fsp3) is 0.500.